The molecule has 3 aromatic heterocycles. The minimum absolute atomic E-state index is 0.0410. The van der Waals surface area contributed by atoms with Gasteiger partial charge in [-0.05, 0) is 37.8 Å². The van der Waals surface area contributed by atoms with Gasteiger partial charge in [0.25, 0.3) is 5.91 Å². The van der Waals surface area contributed by atoms with Crippen molar-refractivity contribution < 1.29 is 23.6 Å². The van der Waals surface area contributed by atoms with Crippen molar-refractivity contribution in [2.24, 2.45) is 0 Å². The zero-order valence-corrected chi connectivity index (χ0v) is 32.6. The Kier molecular flexibility index (Phi) is 11.8. The molecule has 19 heteroatoms. The number of hydrogen-bond donors (Lipinski definition) is 5. The largest absolute Gasteiger partial charge is 0.423 e. The van der Waals surface area contributed by atoms with Gasteiger partial charge in [0, 0.05) is 82.4 Å². The smallest absolute Gasteiger partial charge is 0.315 e. The summed E-state index contributed by atoms with van der Waals surface area (Å²) in [5.74, 6) is 0.554. The number of urea groups is 1. The lowest BCUT2D eigenvalue weighted by atomic mass is 10.0. The highest BCUT2D eigenvalue weighted by molar-refractivity contribution is 8.00. The highest BCUT2D eigenvalue weighted by Gasteiger charge is 2.42. The number of anilines is 2. The molecule has 4 aromatic rings. The van der Waals surface area contributed by atoms with Crippen molar-refractivity contribution in [2.75, 3.05) is 75.7 Å². The van der Waals surface area contributed by atoms with Gasteiger partial charge < -0.3 is 31.0 Å². The molecule has 0 unspecified atom stereocenters. The topological polar surface area (TPSA) is 222 Å². The van der Waals surface area contributed by atoms with Gasteiger partial charge in [0.2, 0.25) is 11.8 Å². The average molecular weight is 800 g/mol. The third-order valence-electron chi connectivity index (χ3n) is 11.2. The first-order valence-electron chi connectivity index (χ1n) is 19.8. The third kappa shape index (κ3) is 8.99. The van der Waals surface area contributed by atoms with Crippen LogP contribution in [0.2, 0.25) is 0 Å². The normalized spacial score (nSPS) is 22.9. The number of oxazole rings is 1. The van der Waals surface area contributed by atoms with E-state index in [0.29, 0.717) is 60.0 Å². The summed E-state index contributed by atoms with van der Waals surface area (Å²) in [7, 11) is 0. The fraction of sp³-hybridized carbons (Fsp3) is 0.526. The van der Waals surface area contributed by atoms with Crippen LogP contribution in [0.4, 0.5) is 16.6 Å². The molecule has 4 aliphatic heterocycles. The zero-order valence-electron chi connectivity index (χ0n) is 31.8. The van der Waals surface area contributed by atoms with Crippen molar-refractivity contribution in [1.29, 1.82) is 0 Å². The van der Waals surface area contributed by atoms with Gasteiger partial charge in [0.1, 0.15) is 17.7 Å². The van der Waals surface area contributed by atoms with Crippen molar-refractivity contribution in [1.82, 2.24) is 55.4 Å². The molecule has 4 saturated heterocycles. The van der Waals surface area contributed by atoms with Gasteiger partial charge in [-0.1, -0.05) is 24.6 Å². The standard InChI is InChI=1S/C38H49N13O5S/c39-34-31-33(36(54)46-38-44-25-8-1-2-9-27(25)56-38)47-51(35(31)42-23-41-34)24-7-5-15-50(21-24)30(53)12-6-14-48-17-19-49(20-18-48)16-13-40-29(52)11-4-3-10-28-32-26(22-57-28)43-37(55)45-32/h1-2,6,8-9,12,23-24,26,28,32H,3-5,7,10-11,13-22H2,(H,40,52)(H2,39,41,42)(H2,43,45,55)(H,44,46,54)/b12-6+/t24-,26+,28+,32+/m1/s1. The first-order valence-corrected chi connectivity index (χ1v) is 20.8. The summed E-state index contributed by atoms with van der Waals surface area (Å²) in [6, 6.07) is 7.42. The molecule has 0 spiro atoms. The Labute approximate surface area is 333 Å². The molecule has 57 heavy (non-hydrogen) atoms. The highest BCUT2D eigenvalue weighted by atomic mass is 32.2. The van der Waals surface area contributed by atoms with E-state index in [4.69, 9.17) is 10.2 Å². The number of rotatable bonds is 14. The Morgan fingerprint density at radius 2 is 1.89 bits per heavy atom. The lowest BCUT2D eigenvalue weighted by molar-refractivity contribution is -0.127. The van der Waals surface area contributed by atoms with Crippen LogP contribution in [-0.4, -0.2) is 145 Å². The number of fused-ring (bicyclic) bond motifs is 3. The number of piperazine rings is 1. The molecule has 18 nitrogen and oxygen atoms in total. The van der Waals surface area contributed by atoms with Crippen LogP contribution in [0, 0.1) is 0 Å². The lowest BCUT2D eigenvalue weighted by Gasteiger charge is -2.34. The van der Waals surface area contributed by atoms with Crippen LogP contribution in [0.3, 0.4) is 0 Å². The zero-order chi connectivity index (χ0) is 39.3. The molecule has 4 atom stereocenters. The number of nitrogens with one attached hydrogen (secondary N) is 4. The van der Waals surface area contributed by atoms with E-state index in [2.05, 4.69) is 51.1 Å². The van der Waals surface area contributed by atoms with Crippen LogP contribution >= 0.6 is 11.8 Å². The van der Waals surface area contributed by atoms with Gasteiger partial charge >= 0.3 is 12.0 Å². The summed E-state index contributed by atoms with van der Waals surface area (Å²) >= 11 is 1.91. The van der Waals surface area contributed by atoms with E-state index in [-0.39, 0.29) is 53.5 Å². The maximum atomic E-state index is 13.5. The van der Waals surface area contributed by atoms with Gasteiger partial charge in [0.15, 0.2) is 16.9 Å². The predicted octanol–water partition coefficient (Wildman–Crippen LogP) is 1.98. The molecule has 5 amide bonds. The Balaban J connectivity index is 0.755. The molecule has 302 valence electrons. The summed E-state index contributed by atoms with van der Waals surface area (Å²) in [4.78, 5) is 70.2. The van der Waals surface area contributed by atoms with E-state index in [9.17, 15) is 19.2 Å². The van der Waals surface area contributed by atoms with Crippen LogP contribution in [0.25, 0.3) is 22.1 Å². The number of benzene rings is 1. The number of aromatic nitrogens is 5. The molecule has 6 N–H and O–H groups in total. The minimum atomic E-state index is -0.554. The molecule has 4 aliphatic rings. The van der Waals surface area contributed by atoms with Crippen LogP contribution in [0.15, 0.2) is 47.2 Å². The predicted molar refractivity (Wildman–Crippen MR) is 216 cm³/mol. The number of para-hydroxylation sites is 2. The number of unbranched alkanes of at least 4 members (excludes halogenated alkanes) is 1. The van der Waals surface area contributed by atoms with E-state index in [1.807, 2.05) is 34.9 Å². The molecular weight excluding hydrogens is 751 g/mol. The molecule has 1 aromatic carbocycles. The summed E-state index contributed by atoms with van der Waals surface area (Å²) in [6.07, 6.45) is 9.80. The van der Waals surface area contributed by atoms with Crippen molar-refractivity contribution >= 4 is 69.5 Å². The van der Waals surface area contributed by atoms with Gasteiger partial charge in [-0.15, -0.1) is 0 Å². The van der Waals surface area contributed by atoms with Crippen molar-refractivity contribution in [3.05, 3.63) is 48.4 Å². The number of carbonyl (C=O) groups excluding carboxylic acids is 4. The Morgan fingerprint density at radius 1 is 1.05 bits per heavy atom. The molecule has 0 radical (unpaired) electrons. The molecule has 4 fully saturated rings. The number of nitrogen functional groups attached to an aromatic ring is 1. The summed E-state index contributed by atoms with van der Waals surface area (Å²) < 4.78 is 7.36. The maximum absolute atomic E-state index is 13.5. The van der Waals surface area contributed by atoms with E-state index in [1.165, 1.54) is 6.33 Å². The molecule has 0 aliphatic carbocycles. The van der Waals surface area contributed by atoms with Crippen molar-refractivity contribution in [3.8, 4) is 0 Å². The summed E-state index contributed by atoms with van der Waals surface area (Å²) in [6.45, 7) is 6.72. The van der Waals surface area contributed by atoms with Crippen LogP contribution in [0.1, 0.15) is 55.1 Å². The second-order valence-corrected chi connectivity index (χ2v) is 16.3. The molecule has 7 heterocycles. The SMILES string of the molecule is Nc1ncnc2c1c(C(=O)Nc1nc3ccccc3o1)nn2[C@@H]1CCCN(C(=O)/C=C/CN2CCN(CCNC(=O)CCCC[C@@H]3SC[C@@H]4NC(=O)N[C@@H]43)CC2)C1. The van der Waals surface area contributed by atoms with Gasteiger partial charge in [0.05, 0.1) is 23.5 Å². The molecule has 0 bridgehead atoms. The van der Waals surface area contributed by atoms with E-state index >= 15 is 0 Å². The number of thioether (sulfide) groups is 1. The third-order valence-corrected chi connectivity index (χ3v) is 12.7. The van der Waals surface area contributed by atoms with Gasteiger partial charge in [-0.2, -0.15) is 21.8 Å². The summed E-state index contributed by atoms with van der Waals surface area (Å²) in [5.41, 5.74) is 7.87. The van der Waals surface area contributed by atoms with Crippen molar-refractivity contribution in [2.45, 2.75) is 61.9 Å². The van der Waals surface area contributed by atoms with E-state index in [0.717, 1.165) is 70.6 Å². The first kappa shape index (κ1) is 38.6. The van der Waals surface area contributed by atoms with Gasteiger partial charge in [-0.3, -0.25) is 29.5 Å². The van der Waals surface area contributed by atoms with E-state index < -0.39 is 5.91 Å². The number of hydrogen-bond acceptors (Lipinski definition) is 13. The van der Waals surface area contributed by atoms with E-state index in [1.54, 1.807) is 22.9 Å². The lowest BCUT2D eigenvalue weighted by Crippen LogP contribution is -2.48. The number of nitrogens with two attached hydrogens (primary N) is 1. The number of nitrogens with zero attached hydrogens (tertiary/aromatic N) is 8. The Hall–Kier alpha value is -5.27. The fourth-order valence-corrected chi connectivity index (χ4v) is 9.71. The fourth-order valence-electron chi connectivity index (χ4n) is 8.16. The molecule has 0 saturated carbocycles. The number of piperidine rings is 1. The van der Waals surface area contributed by atoms with Crippen molar-refractivity contribution in [3.63, 3.8) is 0 Å². The minimum Gasteiger partial charge on any atom is -0.423 e. The van der Waals surface area contributed by atoms with Crippen LogP contribution < -0.4 is 27.0 Å². The molecular formula is C38H49N13O5S. The first-order chi connectivity index (χ1) is 27.8. The second-order valence-electron chi connectivity index (χ2n) is 15.0. The number of carbonyl (C=O) groups is 4. The highest BCUT2D eigenvalue weighted by Crippen LogP contribution is 2.33. The summed E-state index contributed by atoms with van der Waals surface area (Å²) in [5, 5.41) is 17.2. The second kappa shape index (κ2) is 17.5. The number of likely N-dealkylation sites (tertiary alicyclic amines) is 1. The van der Waals surface area contributed by atoms with Crippen LogP contribution in [-0.2, 0) is 9.59 Å². The Bertz CT molecular complexity index is 2100. The molecule has 8 rings (SSSR count). The number of amides is 5. The average Bonchev–Trinajstić information content (AvgIpc) is 4.00. The van der Waals surface area contributed by atoms with Crippen LogP contribution in [0.5, 0.6) is 0 Å². The Morgan fingerprint density at radius 3 is 2.75 bits per heavy atom. The van der Waals surface area contributed by atoms with Gasteiger partial charge in [-0.25, -0.2) is 19.4 Å². The monoisotopic (exact) mass is 799 g/mol. The quantitative estimate of drug-likeness (QED) is 0.0701. The maximum Gasteiger partial charge on any atom is 0.315 e.